The van der Waals surface area contributed by atoms with Crippen LogP contribution in [-0.4, -0.2) is 0 Å². The third kappa shape index (κ3) is 3.26. The molecule has 1 atom stereocenters. The highest BCUT2D eigenvalue weighted by Gasteiger charge is 2.21. The summed E-state index contributed by atoms with van der Waals surface area (Å²) >= 11 is 12.0. The van der Waals surface area contributed by atoms with Gasteiger partial charge in [-0.3, -0.25) is 0 Å². The van der Waals surface area contributed by atoms with Crippen LogP contribution in [0, 0.1) is 0 Å². The lowest BCUT2D eigenvalue weighted by molar-refractivity contribution is 0.491. The Labute approximate surface area is 118 Å². The van der Waals surface area contributed by atoms with E-state index in [9.17, 15) is 0 Å². The van der Waals surface area contributed by atoms with Gasteiger partial charge in [0, 0.05) is 15.6 Å². The lowest BCUT2D eigenvalue weighted by Gasteiger charge is -2.25. The number of rotatable bonds is 3. The minimum absolute atomic E-state index is 0.463. The molecule has 0 saturated carbocycles. The molecule has 2 rings (SSSR count). The quantitative estimate of drug-likeness (QED) is 0.885. The maximum absolute atomic E-state index is 6.39. The van der Waals surface area contributed by atoms with E-state index < -0.39 is 5.54 Å². The highest BCUT2D eigenvalue weighted by molar-refractivity contribution is 6.30. The molecule has 0 aliphatic rings. The van der Waals surface area contributed by atoms with E-state index in [4.69, 9.17) is 28.9 Å². The van der Waals surface area contributed by atoms with Crippen molar-refractivity contribution < 1.29 is 0 Å². The molecule has 1 unspecified atom stereocenters. The van der Waals surface area contributed by atoms with Gasteiger partial charge in [-0.15, -0.1) is 0 Å². The molecule has 0 heterocycles. The number of benzene rings is 2. The van der Waals surface area contributed by atoms with E-state index in [2.05, 4.69) is 0 Å². The minimum atomic E-state index is -0.463. The Kier molecular flexibility index (Phi) is 3.96. The summed E-state index contributed by atoms with van der Waals surface area (Å²) in [5.41, 5.74) is 8.07. The molecular weight excluding hydrogens is 265 g/mol. The second-order valence-electron chi connectivity index (χ2n) is 4.73. The molecule has 2 aromatic carbocycles. The Hall–Kier alpha value is -1.02. The Bertz CT molecular complexity index is 550. The molecule has 0 radical (unpaired) electrons. The summed E-state index contributed by atoms with van der Waals surface area (Å²) < 4.78 is 0. The normalized spacial score (nSPS) is 14.2. The van der Waals surface area contributed by atoms with Gasteiger partial charge in [-0.05, 0) is 48.7 Å². The first-order valence-electron chi connectivity index (χ1n) is 5.77. The second kappa shape index (κ2) is 5.31. The van der Waals surface area contributed by atoms with Crippen molar-refractivity contribution in [1.29, 1.82) is 0 Å². The predicted octanol–water partition coefficient (Wildman–Crippen LogP) is 4.41. The number of hydrogen-bond donors (Lipinski definition) is 1. The maximum Gasteiger partial charge on any atom is 0.0422 e. The number of halogens is 2. The lowest BCUT2D eigenvalue weighted by atomic mass is 9.87. The van der Waals surface area contributed by atoms with E-state index in [-0.39, 0.29) is 0 Å². The monoisotopic (exact) mass is 279 g/mol. The zero-order chi connectivity index (χ0) is 13.2. The van der Waals surface area contributed by atoms with Crippen molar-refractivity contribution in [2.24, 2.45) is 5.73 Å². The summed E-state index contributed by atoms with van der Waals surface area (Å²) in [7, 11) is 0. The van der Waals surface area contributed by atoms with E-state index in [0.29, 0.717) is 11.4 Å². The van der Waals surface area contributed by atoms with Crippen molar-refractivity contribution in [3.05, 3.63) is 69.7 Å². The third-order valence-electron chi connectivity index (χ3n) is 2.94. The molecular formula is C15H15Cl2N. The van der Waals surface area contributed by atoms with Crippen molar-refractivity contribution in [3.63, 3.8) is 0 Å². The number of nitrogens with two attached hydrogens (primary N) is 1. The molecule has 0 spiro atoms. The first-order valence-corrected chi connectivity index (χ1v) is 6.52. The van der Waals surface area contributed by atoms with Crippen LogP contribution in [0.25, 0.3) is 0 Å². The smallest absolute Gasteiger partial charge is 0.0422 e. The summed E-state index contributed by atoms with van der Waals surface area (Å²) in [5, 5.41) is 1.43. The fraction of sp³-hybridized carbons (Fsp3) is 0.200. The van der Waals surface area contributed by atoms with Gasteiger partial charge in [0.15, 0.2) is 0 Å². The summed E-state index contributed by atoms with van der Waals surface area (Å²) in [4.78, 5) is 0. The van der Waals surface area contributed by atoms with E-state index in [1.165, 1.54) is 0 Å². The van der Waals surface area contributed by atoms with Crippen molar-refractivity contribution in [2.75, 3.05) is 0 Å². The summed E-state index contributed by atoms with van der Waals surface area (Å²) in [6, 6.07) is 15.4. The molecule has 0 aromatic heterocycles. The van der Waals surface area contributed by atoms with Crippen molar-refractivity contribution in [3.8, 4) is 0 Å². The van der Waals surface area contributed by atoms with Gasteiger partial charge in [0.1, 0.15) is 0 Å². The molecule has 3 heteroatoms. The van der Waals surface area contributed by atoms with Crippen LogP contribution in [-0.2, 0) is 12.0 Å². The zero-order valence-electron chi connectivity index (χ0n) is 10.2. The van der Waals surface area contributed by atoms with Crippen LogP contribution in [0.5, 0.6) is 0 Å². The molecule has 0 saturated heterocycles. The van der Waals surface area contributed by atoms with E-state index in [1.54, 1.807) is 0 Å². The Morgan fingerprint density at radius 3 is 2.22 bits per heavy atom. The molecule has 2 N–H and O–H groups in total. The Balaban J connectivity index is 2.26. The van der Waals surface area contributed by atoms with E-state index >= 15 is 0 Å². The van der Waals surface area contributed by atoms with Gasteiger partial charge in [-0.2, -0.15) is 0 Å². The first kappa shape index (κ1) is 13.4. The predicted molar refractivity (Wildman–Crippen MR) is 78.1 cm³/mol. The Morgan fingerprint density at radius 2 is 1.61 bits per heavy atom. The van der Waals surface area contributed by atoms with Crippen LogP contribution < -0.4 is 5.73 Å². The molecule has 1 nitrogen and oxygen atoms in total. The van der Waals surface area contributed by atoms with Gasteiger partial charge in [0.2, 0.25) is 0 Å². The summed E-state index contributed by atoms with van der Waals surface area (Å²) in [6.45, 7) is 2.00. The minimum Gasteiger partial charge on any atom is -0.321 e. The molecule has 0 aliphatic carbocycles. The molecule has 94 valence electrons. The summed E-state index contributed by atoms with van der Waals surface area (Å²) in [6.07, 6.45) is 0.716. The van der Waals surface area contributed by atoms with Crippen LogP contribution in [0.4, 0.5) is 0 Å². The van der Waals surface area contributed by atoms with E-state index in [1.807, 2.05) is 55.5 Å². The fourth-order valence-electron chi connectivity index (χ4n) is 2.02. The SMILES string of the molecule is CC(N)(Cc1cccc(Cl)c1)c1cccc(Cl)c1. The zero-order valence-corrected chi connectivity index (χ0v) is 11.7. The topological polar surface area (TPSA) is 26.0 Å². The van der Waals surface area contributed by atoms with Crippen molar-refractivity contribution in [1.82, 2.24) is 0 Å². The first-order chi connectivity index (χ1) is 8.47. The summed E-state index contributed by atoms with van der Waals surface area (Å²) in [5.74, 6) is 0. The molecule has 2 aromatic rings. The van der Waals surface area contributed by atoms with Gasteiger partial charge in [-0.25, -0.2) is 0 Å². The molecule has 0 fully saturated rings. The van der Waals surface area contributed by atoms with Crippen LogP contribution in [0.15, 0.2) is 48.5 Å². The van der Waals surface area contributed by atoms with Crippen LogP contribution in [0.1, 0.15) is 18.1 Å². The third-order valence-corrected chi connectivity index (χ3v) is 3.41. The van der Waals surface area contributed by atoms with Gasteiger partial charge >= 0.3 is 0 Å². The standard InChI is InChI=1S/C15H15Cl2N/c1-15(18,12-5-3-7-14(17)9-12)10-11-4-2-6-13(16)8-11/h2-9H,10,18H2,1H3. The average molecular weight is 280 g/mol. The second-order valence-corrected chi connectivity index (χ2v) is 5.61. The van der Waals surface area contributed by atoms with Crippen LogP contribution >= 0.6 is 23.2 Å². The molecule has 0 aliphatic heterocycles. The highest BCUT2D eigenvalue weighted by Crippen LogP contribution is 2.26. The van der Waals surface area contributed by atoms with E-state index in [0.717, 1.165) is 16.1 Å². The molecule has 0 bridgehead atoms. The maximum atomic E-state index is 6.39. The van der Waals surface area contributed by atoms with Crippen LogP contribution in [0.2, 0.25) is 10.0 Å². The highest BCUT2D eigenvalue weighted by atomic mass is 35.5. The Morgan fingerprint density at radius 1 is 1.00 bits per heavy atom. The number of hydrogen-bond acceptors (Lipinski definition) is 1. The van der Waals surface area contributed by atoms with Gasteiger partial charge in [-0.1, -0.05) is 47.5 Å². The fourth-order valence-corrected chi connectivity index (χ4v) is 2.42. The van der Waals surface area contributed by atoms with Gasteiger partial charge in [0.25, 0.3) is 0 Å². The van der Waals surface area contributed by atoms with Gasteiger partial charge in [0.05, 0.1) is 0 Å². The molecule has 0 amide bonds. The van der Waals surface area contributed by atoms with Crippen molar-refractivity contribution >= 4 is 23.2 Å². The largest absolute Gasteiger partial charge is 0.321 e. The molecule has 18 heavy (non-hydrogen) atoms. The van der Waals surface area contributed by atoms with Crippen molar-refractivity contribution in [2.45, 2.75) is 18.9 Å². The average Bonchev–Trinajstić information content (AvgIpc) is 2.28. The van der Waals surface area contributed by atoms with Crippen LogP contribution in [0.3, 0.4) is 0 Å². The van der Waals surface area contributed by atoms with Gasteiger partial charge < -0.3 is 5.73 Å². The lowest BCUT2D eigenvalue weighted by Crippen LogP contribution is -2.35.